The molecule has 0 aromatic carbocycles. The van der Waals surface area contributed by atoms with Crippen molar-refractivity contribution in [3.05, 3.63) is 12.7 Å². The SMILES string of the molecule is C=CC[C@@H](CO)[C@@H](CO)OCOC. The average Bonchev–Trinajstić information content (AvgIpc) is 2.17. The molecule has 2 N–H and O–H groups in total. The van der Waals surface area contributed by atoms with Crippen LogP contribution in [-0.4, -0.2) is 43.4 Å². The maximum atomic E-state index is 8.98. The van der Waals surface area contributed by atoms with Gasteiger partial charge in [0.1, 0.15) is 6.79 Å². The Morgan fingerprint density at radius 2 is 2.08 bits per heavy atom. The van der Waals surface area contributed by atoms with Crippen LogP contribution in [0.4, 0.5) is 0 Å². The molecule has 2 atom stereocenters. The molecule has 4 heteroatoms. The molecule has 0 aliphatic heterocycles. The summed E-state index contributed by atoms with van der Waals surface area (Å²) in [5.74, 6) is -0.113. The third kappa shape index (κ3) is 5.00. The largest absolute Gasteiger partial charge is 0.396 e. The lowest BCUT2D eigenvalue weighted by Gasteiger charge is -2.22. The van der Waals surface area contributed by atoms with E-state index in [0.29, 0.717) is 6.42 Å². The third-order valence-corrected chi connectivity index (χ3v) is 1.81. The first-order valence-corrected chi connectivity index (χ1v) is 4.23. The molecule has 0 spiro atoms. The van der Waals surface area contributed by atoms with Gasteiger partial charge < -0.3 is 19.7 Å². The van der Waals surface area contributed by atoms with Crippen LogP contribution in [0, 0.1) is 5.92 Å². The Bertz CT molecular complexity index is 127. The number of allylic oxidation sites excluding steroid dienone is 1. The molecular formula is C9H18O4. The first kappa shape index (κ1) is 12.6. The minimum Gasteiger partial charge on any atom is -0.396 e. The number of aliphatic hydroxyl groups excluding tert-OH is 2. The second-order valence-corrected chi connectivity index (χ2v) is 2.76. The molecule has 4 nitrogen and oxygen atoms in total. The zero-order valence-electron chi connectivity index (χ0n) is 7.98. The normalized spacial score (nSPS) is 15.3. The van der Waals surface area contributed by atoms with Gasteiger partial charge in [0, 0.05) is 19.6 Å². The van der Waals surface area contributed by atoms with Crippen LogP contribution >= 0.6 is 0 Å². The van der Waals surface area contributed by atoms with Gasteiger partial charge in [0.05, 0.1) is 12.7 Å². The molecule has 0 fully saturated rings. The highest BCUT2D eigenvalue weighted by Crippen LogP contribution is 2.12. The molecule has 0 aliphatic rings. The summed E-state index contributed by atoms with van der Waals surface area (Å²) in [7, 11) is 1.51. The fourth-order valence-corrected chi connectivity index (χ4v) is 1.05. The Labute approximate surface area is 78.8 Å². The molecule has 0 unspecified atom stereocenters. The highest BCUT2D eigenvalue weighted by Gasteiger charge is 2.19. The first-order chi connectivity index (χ1) is 6.29. The van der Waals surface area contributed by atoms with Crippen LogP contribution < -0.4 is 0 Å². The van der Waals surface area contributed by atoms with E-state index in [1.807, 2.05) is 0 Å². The van der Waals surface area contributed by atoms with Crippen LogP contribution in [0.15, 0.2) is 12.7 Å². The van der Waals surface area contributed by atoms with Crippen molar-refractivity contribution in [2.24, 2.45) is 5.92 Å². The first-order valence-electron chi connectivity index (χ1n) is 4.23. The summed E-state index contributed by atoms with van der Waals surface area (Å²) in [5.41, 5.74) is 0. The molecule has 0 rings (SSSR count). The van der Waals surface area contributed by atoms with Crippen molar-refractivity contribution in [3.8, 4) is 0 Å². The Balaban J connectivity index is 3.91. The van der Waals surface area contributed by atoms with Gasteiger partial charge in [-0.2, -0.15) is 0 Å². The van der Waals surface area contributed by atoms with Gasteiger partial charge in [-0.3, -0.25) is 0 Å². The number of methoxy groups -OCH3 is 1. The molecule has 0 aromatic heterocycles. The van der Waals surface area contributed by atoms with Gasteiger partial charge in [0.2, 0.25) is 0 Å². The lowest BCUT2D eigenvalue weighted by Crippen LogP contribution is -2.30. The fraction of sp³-hybridized carbons (Fsp3) is 0.778. The van der Waals surface area contributed by atoms with Crippen molar-refractivity contribution in [1.82, 2.24) is 0 Å². The Hall–Kier alpha value is -0.420. The summed E-state index contributed by atoms with van der Waals surface area (Å²) >= 11 is 0. The van der Waals surface area contributed by atoms with Crippen molar-refractivity contribution in [3.63, 3.8) is 0 Å². The molecule has 0 heterocycles. The molecule has 13 heavy (non-hydrogen) atoms. The number of hydrogen-bond acceptors (Lipinski definition) is 4. The lowest BCUT2D eigenvalue weighted by molar-refractivity contribution is -0.113. The van der Waals surface area contributed by atoms with Gasteiger partial charge in [-0.05, 0) is 6.42 Å². The molecule has 0 saturated carbocycles. The van der Waals surface area contributed by atoms with E-state index in [4.69, 9.17) is 19.7 Å². The van der Waals surface area contributed by atoms with Crippen molar-refractivity contribution < 1.29 is 19.7 Å². The Morgan fingerprint density at radius 3 is 2.46 bits per heavy atom. The summed E-state index contributed by atoms with van der Waals surface area (Å²) in [6.45, 7) is 3.54. The number of ether oxygens (including phenoxy) is 2. The van der Waals surface area contributed by atoms with E-state index in [1.165, 1.54) is 7.11 Å². The fourth-order valence-electron chi connectivity index (χ4n) is 1.05. The van der Waals surface area contributed by atoms with Gasteiger partial charge in [0.15, 0.2) is 0 Å². The minimum atomic E-state index is -0.386. The monoisotopic (exact) mass is 190 g/mol. The summed E-state index contributed by atoms with van der Waals surface area (Å²) in [6, 6.07) is 0. The van der Waals surface area contributed by atoms with E-state index in [9.17, 15) is 0 Å². The predicted octanol–water partition coefficient (Wildman–Crippen LogP) is 0.152. The van der Waals surface area contributed by atoms with Gasteiger partial charge in [-0.1, -0.05) is 6.08 Å². The number of aliphatic hydroxyl groups is 2. The highest BCUT2D eigenvalue weighted by atomic mass is 16.7. The molecule has 0 bridgehead atoms. The summed E-state index contributed by atoms with van der Waals surface area (Å²) in [5, 5.41) is 17.9. The third-order valence-electron chi connectivity index (χ3n) is 1.81. The number of hydrogen-bond donors (Lipinski definition) is 2. The van der Waals surface area contributed by atoms with E-state index >= 15 is 0 Å². The summed E-state index contributed by atoms with van der Waals surface area (Å²) in [6.07, 6.45) is 1.92. The smallest absolute Gasteiger partial charge is 0.146 e. The minimum absolute atomic E-state index is 0.0268. The molecule has 0 radical (unpaired) electrons. The zero-order valence-corrected chi connectivity index (χ0v) is 7.98. The van der Waals surface area contributed by atoms with Gasteiger partial charge in [-0.25, -0.2) is 0 Å². The standard InChI is InChI=1S/C9H18O4/c1-3-4-8(5-10)9(6-11)13-7-12-2/h3,8-11H,1,4-7H2,2H3/t8-,9+/m0/s1. The van der Waals surface area contributed by atoms with E-state index < -0.39 is 0 Å². The zero-order chi connectivity index (χ0) is 10.1. The topological polar surface area (TPSA) is 58.9 Å². The lowest BCUT2D eigenvalue weighted by atomic mass is 10.0. The molecule has 0 aliphatic carbocycles. The second-order valence-electron chi connectivity index (χ2n) is 2.76. The van der Waals surface area contributed by atoms with E-state index in [2.05, 4.69) is 6.58 Å². The van der Waals surface area contributed by atoms with E-state index in [1.54, 1.807) is 6.08 Å². The molecule has 78 valence electrons. The Morgan fingerprint density at radius 1 is 1.38 bits per heavy atom. The van der Waals surface area contributed by atoms with Crippen molar-refractivity contribution >= 4 is 0 Å². The summed E-state index contributed by atoms with van der Waals surface area (Å²) in [4.78, 5) is 0. The van der Waals surface area contributed by atoms with Gasteiger partial charge in [-0.15, -0.1) is 6.58 Å². The van der Waals surface area contributed by atoms with Crippen molar-refractivity contribution in [2.75, 3.05) is 27.1 Å². The average molecular weight is 190 g/mol. The quantitative estimate of drug-likeness (QED) is 0.422. The molecule has 0 aromatic rings. The van der Waals surface area contributed by atoms with Gasteiger partial charge >= 0.3 is 0 Å². The van der Waals surface area contributed by atoms with Crippen LogP contribution in [0.5, 0.6) is 0 Å². The van der Waals surface area contributed by atoms with E-state index in [0.717, 1.165) is 0 Å². The van der Waals surface area contributed by atoms with Crippen LogP contribution in [0.3, 0.4) is 0 Å². The molecule has 0 amide bonds. The van der Waals surface area contributed by atoms with Crippen LogP contribution in [0.1, 0.15) is 6.42 Å². The summed E-state index contributed by atoms with van der Waals surface area (Å²) < 4.78 is 9.87. The van der Waals surface area contributed by atoms with Crippen LogP contribution in [0.25, 0.3) is 0 Å². The van der Waals surface area contributed by atoms with Gasteiger partial charge in [0.25, 0.3) is 0 Å². The van der Waals surface area contributed by atoms with Crippen LogP contribution in [-0.2, 0) is 9.47 Å². The maximum Gasteiger partial charge on any atom is 0.146 e. The van der Waals surface area contributed by atoms with Crippen molar-refractivity contribution in [2.45, 2.75) is 12.5 Å². The second kappa shape index (κ2) is 8.19. The maximum absolute atomic E-state index is 8.98. The molecule has 0 saturated heterocycles. The predicted molar refractivity (Wildman–Crippen MR) is 49.2 cm³/mol. The van der Waals surface area contributed by atoms with Crippen LogP contribution in [0.2, 0.25) is 0 Å². The van der Waals surface area contributed by atoms with E-state index in [-0.39, 0.29) is 32.0 Å². The van der Waals surface area contributed by atoms with Crippen molar-refractivity contribution in [1.29, 1.82) is 0 Å². The molecular weight excluding hydrogens is 172 g/mol. The highest BCUT2D eigenvalue weighted by molar-refractivity contribution is 4.78. The number of rotatable bonds is 8. The Kier molecular flexibility index (Phi) is 7.93.